The number of imide groups is 2. The lowest BCUT2D eigenvalue weighted by Gasteiger charge is -2.41. The summed E-state index contributed by atoms with van der Waals surface area (Å²) in [7, 11) is 6.05. The Balaban J connectivity index is 1.12. The van der Waals surface area contributed by atoms with Crippen molar-refractivity contribution in [3.05, 3.63) is 65.2 Å². The molecule has 0 spiro atoms. The van der Waals surface area contributed by atoms with Crippen LogP contribution < -0.4 is 27.0 Å². The Morgan fingerprint density at radius 1 is 0.722 bits per heavy atom. The van der Waals surface area contributed by atoms with Gasteiger partial charge in [-0.05, 0) is 111 Å². The topological polar surface area (TPSA) is 366 Å². The first-order valence-electron chi connectivity index (χ1n) is 37.7. The van der Waals surface area contributed by atoms with E-state index in [0.29, 0.717) is 73.6 Å². The third kappa shape index (κ3) is 26.4. The fraction of sp³-hybridized carbons (Fsp3) is 0.662. The number of halogens is 2. The van der Waals surface area contributed by atoms with E-state index >= 15 is 0 Å². The predicted octanol–water partition coefficient (Wildman–Crippen LogP) is 7.98. The van der Waals surface area contributed by atoms with Gasteiger partial charge in [0.15, 0.2) is 11.6 Å². The molecule has 6 N–H and O–H groups in total. The number of likely N-dealkylation sites (N-methyl/N-ethyl adjacent to an activating group) is 2. The minimum atomic E-state index is -1.00. The number of nitrogens with zero attached hydrogens (tertiary/aromatic N) is 5. The number of urea groups is 1. The van der Waals surface area contributed by atoms with Gasteiger partial charge >= 0.3 is 18.1 Å². The van der Waals surface area contributed by atoms with E-state index in [9.17, 15) is 75.9 Å². The molecule has 108 heavy (non-hydrogen) atoms. The monoisotopic (exact) mass is 1540 g/mol. The largest absolute Gasteiger partial charge is 0.445 e. The molecule has 0 aromatic heterocycles. The summed E-state index contributed by atoms with van der Waals surface area (Å²) < 4.78 is 46.3. The van der Waals surface area contributed by atoms with E-state index in [1.54, 1.807) is 75.7 Å². The molecule has 3 aliphatic heterocycles. The Morgan fingerprint density at radius 3 is 1.99 bits per heavy atom. The van der Waals surface area contributed by atoms with Crippen molar-refractivity contribution < 1.29 is 95.0 Å². The van der Waals surface area contributed by atoms with Gasteiger partial charge in [-0.25, -0.2) is 23.2 Å². The minimum Gasteiger partial charge on any atom is -0.445 e. The van der Waals surface area contributed by atoms with Crippen LogP contribution in [0.5, 0.6) is 0 Å². The number of hydrogen-bond donors (Lipinski definition) is 5. The van der Waals surface area contributed by atoms with Gasteiger partial charge in [0.05, 0.1) is 54.0 Å². The van der Waals surface area contributed by atoms with Crippen molar-refractivity contribution in [2.45, 2.75) is 226 Å². The Morgan fingerprint density at radius 2 is 1.39 bits per heavy atom. The molecule has 0 aliphatic carbocycles. The third-order valence-electron chi connectivity index (χ3n) is 20.5. The molecule has 2 aromatic rings. The lowest BCUT2D eigenvalue weighted by Crippen LogP contribution is -2.54. The molecule has 3 aliphatic rings. The first-order valence-corrected chi connectivity index (χ1v) is 38.7. The number of methoxy groups -OCH3 is 2. The molecular weight excluding hydrogens is 1420 g/mol. The molecule has 0 saturated carbocycles. The van der Waals surface area contributed by atoms with E-state index < -0.39 is 130 Å². The molecule has 3 fully saturated rings. The van der Waals surface area contributed by atoms with Crippen molar-refractivity contribution in [1.82, 2.24) is 40.6 Å². The van der Waals surface area contributed by atoms with E-state index in [2.05, 4.69) is 21.3 Å². The highest BCUT2D eigenvalue weighted by atomic mass is 32.2. The second-order valence-corrected chi connectivity index (χ2v) is 30.7. The maximum absolute atomic E-state index is 14.9. The van der Waals surface area contributed by atoms with Crippen LogP contribution in [-0.4, -0.2) is 209 Å². The number of unbranched alkanes of at least 4 members (excludes halogenated alkanes) is 2. The zero-order valence-electron chi connectivity index (χ0n) is 64.9. The zero-order chi connectivity index (χ0) is 80.2. The SMILES string of the molecule is CC[C@H](C)[C@@H]([C@@H](CC(=O)N1CCC[C@H]1[C@H](OC)[C@@H](C)C(=O)NCCc1c(F)cccc1F)OC)N(C)C(=O)[C@@H](CC(=O)[C@H](C(C)C)N(C)C(=O)OCc1ccc(NC(=O)[C@H](CCCNC(N)=O)CC(=O)[C@@H](NC(=O)CCCCCN2C(=O)CC(SCCCC(=O)ON3C(=O)CCC3=O)C2=O)C(C)C)cc1)C(C)C. The van der Waals surface area contributed by atoms with Crippen LogP contribution in [0.25, 0.3) is 0 Å². The average molecular weight is 1540 g/mol. The predicted molar refractivity (Wildman–Crippen MR) is 398 cm³/mol. The average Bonchev–Trinajstić information content (AvgIpc) is 1.36. The van der Waals surface area contributed by atoms with Gasteiger partial charge in [-0.3, -0.25) is 57.6 Å². The number of nitrogens with two attached hydrogens (primary N) is 1. The van der Waals surface area contributed by atoms with Crippen LogP contribution >= 0.6 is 11.8 Å². The van der Waals surface area contributed by atoms with Crippen molar-refractivity contribution in [3.8, 4) is 0 Å². The zero-order valence-corrected chi connectivity index (χ0v) is 65.7. The standard InChI is InChI=1S/C77H114F2N10O18S/c1-14-48(8)70(60(104-12)42-65(95)87-38-20-25-57(87)71(105-13)49(9)72(98)81-36-34-53-55(78)23-18-24-56(53)79)85(10)74(100)54(45(2)3)41-59(91)69(47(6)7)86(11)77(103)106-44-50-28-30-52(31-29-50)83-73(99)51(22-19-35-82-76(80)102)40-58(90)68(46(4)5)84-62(92)26-16-15-17-37-88-66(96)43-61(75(88)101)108-39-21-27-67(97)107-89-63(93)32-33-64(89)94/h18,23-24,28-31,45-49,51,54,57,60-61,68-71H,14-17,19-22,25-27,32-44H2,1-13H3,(H,81,98)(H,83,99)(H,84,92)(H3,80,82,102)/t48-,49+,51+,54-,57-,60+,61?,68-,69-,70-,71+/m0/s1. The smallest absolute Gasteiger partial charge is 0.410 e. The molecule has 5 rings (SSSR count). The lowest BCUT2D eigenvalue weighted by molar-refractivity contribution is -0.197. The Labute approximate surface area is 637 Å². The number of rotatable bonds is 46. The Hall–Kier alpha value is -8.45. The van der Waals surface area contributed by atoms with E-state index in [1.807, 2.05) is 27.7 Å². The first kappa shape index (κ1) is 90.2. The molecule has 0 bridgehead atoms. The summed E-state index contributed by atoms with van der Waals surface area (Å²) >= 11 is 1.23. The number of ether oxygens (including phenoxy) is 3. The summed E-state index contributed by atoms with van der Waals surface area (Å²) in [6, 6.07) is 6.18. The van der Waals surface area contributed by atoms with Gasteiger partial charge in [-0.2, -0.15) is 0 Å². The molecule has 11 atom stereocenters. The van der Waals surface area contributed by atoms with E-state index in [4.69, 9.17) is 24.8 Å². The summed E-state index contributed by atoms with van der Waals surface area (Å²) in [5, 5.41) is 10.8. The number of carbonyl (C=O) groups excluding carboxylic acids is 14. The quantitative estimate of drug-likeness (QED) is 0.0310. The van der Waals surface area contributed by atoms with Gasteiger partial charge in [-0.15, -0.1) is 16.8 Å². The number of amides is 12. The number of nitrogens with one attached hydrogen (secondary N) is 4. The molecule has 2 aromatic carbocycles. The van der Waals surface area contributed by atoms with Gasteiger partial charge in [0.1, 0.15) is 18.2 Å². The Kier molecular flexibility index (Phi) is 37.0. The van der Waals surface area contributed by atoms with Gasteiger partial charge in [0, 0.05) is 123 Å². The third-order valence-corrected chi connectivity index (χ3v) is 21.8. The normalized spacial score (nSPS) is 17.7. The summed E-state index contributed by atoms with van der Waals surface area (Å²) in [6.07, 6.45) is 0.767. The lowest BCUT2D eigenvalue weighted by atomic mass is 9.83. The van der Waals surface area contributed by atoms with E-state index in [1.165, 1.54) is 48.9 Å². The molecule has 28 nitrogen and oxygen atoms in total. The number of thioether (sulfide) groups is 1. The van der Waals surface area contributed by atoms with Gasteiger partial charge in [0.2, 0.25) is 41.4 Å². The molecule has 31 heteroatoms. The molecule has 600 valence electrons. The highest BCUT2D eigenvalue weighted by Crippen LogP contribution is 2.33. The van der Waals surface area contributed by atoms with Crippen LogP contribution in [0.2, 0.25) is 0 Å². The van der Waals surface area contributed by atoms with Crippen molar-refractivity contribution in [2.24, 2.45) is 47.2 Å². The first-order chi connectivity index (χ1) is 51.1. The van der Waals surface area contributed by atoms with Crippen LogP contribution in [0.15, 0.2) is 42.5 Å². The number of ketones is 2. The maximum atomic E-state index is 14.9. The summed E-state index contributed by atoms with van der Waals surface area (Å²) in [5.74, 6) is -10.1. The van der Waals surface area contributed by atoms with Crippen LogP contribution in [0.3, 0.4) is 0 Å². The summed E-state index contributed by atoms with van der Waals surface area (Å²) in [5.41, 5.74) is 6.03. The number of primary amides is 1. The summed E-state index contributed by atoms with van der Waals surface area (Å²) in [6.45, 7) is 16.8. The van der Waals surface area contributed by atoms with Crippen molar-refractivity contribution in [2.75, 3.05) is 65.6 Å². The van der Waals surface area contributed by atoms with Crippen LogP contribution in [-0.2, 0) is 89.6 Å². The number of likely N-dealkylation sites (tertiary alicyclic amines) is 2. The van der Waals surface area contributed by atoms with Gasteiger partial charge < -0.3 is 60.7 Å². The maximum Gasteiger partial charge on any atom is 0.410 e. The van der Waals surface area contributed by atoms with Crippen molar-refractivity contribution >= 4 is 100 Å². The number of carbonyl (C=O) groups is 14. The van der Waals surface area contributed by atoms with E-state index in [0.717, 1.165) is 12.1 Å². The highest BCUT2D eigenvalue weighted by Gasteiger charge is 2.45. The second-order valence-electron chi connectivity index (χ2n) is 29.4. The Bertz CT molecular complexity index is 3420. The summed E-state index contributed by atoms with van der Waals surface area (Å²) in [4.78, 5) is 196. The fourth-order valence-electron chi connectivity index (χ4n) is 14.2. The molecule has 12 amide bonds. The number of hydroxylamine groups is 2. The molecule has 0 radical (unpaired) electrons. The van der Waals surface area contributed by atoms with Crippen molar-refractivity contribution in [1.29, 1.82) is 0 Å². The fourth-order valence-corrected chi connectivity index (χ4v) is 15.3. The van der Waals surface area contributed by atoms with Gasteiger partial charge in [0.25, 0.3) is 11.8 Å². The second kappa shape index (κ2) is 44.3. The van der Waals surface area contributed by atoms with Gasteiger partial charge in [-0.1, -0.05) is 93.4 Å². The number of Topliss-reactive ketones (excluding diaryl/α,β-unsaturated/α-hetero) is 2. The van der Waals surface area contributed by atoms with Crippen molar-refractivity contribution in [3.63, 3.8) is 0 Å². The number of anilines is 1. The number of benzene rings is 2. The molecular formula is C77H114F2N10O18S. The van der Waals surface area contributed by atoms with Crippen LogP contribution in [0.1, 0.15) is 183 Å². The number of hydrogen-bond acceptors (Lipinski definition) is 19. The highest BCUT2D eigenvalue weighted by molar-refractivity contribution is 8.00. The minimum absolute atomic E-state index is 0.000161. The van der Waals surface area contributed by atoms with E-state index in [-0.39, 0.29) is 150 Å². The molecule has 3 saturated heterocycles. The van der Waals surface area contributed by atoms with Crippen LogP contribution in [0.4, 0.5) is 24.1 Å². The molecule has 1 unspecified atom stereocenters. The van der Waals surface area contributed by atoms with Crippen LogP contribution in [0, 0.1) is 53.1 Å². The molecule has 3 heterocycles.